The number of nitrogens with one attached hydrogen (secondary N) is 1. The maximum absolute atomic E-state index is 13.1. The van der Waals surface area contributed by atoms with Gasteiger partial charge in [0.2, 0.25) is 0 Å². The topological polar surface area (TPSA) is 92.2 Å². The van der Waals surface area contributed by atoms with E-state index in [9.17, 15) is 4.79 Å². The minimum atomic E-state index is -0.196. The van der Waals surface area contributed by atoms with Crippen LogP contribution in [0.5, 0.6) is 0 Å². The van der Waals surface area contributed by atoms with Gasteiger partial charge in [-0.25, -0.2) is 4.68 Å². The maximum Gasteiger partial charge on any atom is 0.252 e. The standard InChI is InChI=1S/C27H41N7O2/c1-6-8-24(25-29-30-31-34(25)27(4,5)7-2)33(12-11-32-13-15-36-16-14-32)19-22-18-21-17-20(3)9-10-23(21)28-26(22)35/h9-10,17-18,24H,6-8,11-16,19H2,1-5H3,(H,28,35)/t24-/m0/s1. The number of H-pyrrole nitrogens is 1. The number of aromatic amines is 1. The summed E-state index contributed by atoms with van der Waals surface area (Å²) in [6.45, 7) is 16.4. The number of ether oxygens (including phenoxy) is 1. The van der Waals surface area contributed by atoms with E-state index >= 15 is 0 Å². The molecule has 0 spiro atoms. The average Bonchev–Trinajstić information content (AvgIpc) is 3.37. The molecule has 1 aromatic carbocycles. The summed E-state index contributed by atoms with van der Waals surface area (Å²) in [7, 11) is 0. The minimum Gasteiger partial charge on any atom is -0.379 e. The number of morpholine rings is 1. The molecule has 1 aliphatic heterocycles. The third-order valence-electron chi connectivity index (χ3n) is 7.49. The van der Waals surface area contributed by atoms with Crippen LogP contribution in [0.25, 0.3) is 10.9 Å². The van der Waals surface area contributed by atoms with Crippen molar-refractivity contribution in [3.05, 3.63) is 51.6 Å². The summed E-state index contributed by atoms with van der Waals surface area (Å²) in [5.41, 5.74) is 2.58. The molecule has 0 saturated carbocycles. The number of nitrogens with zero attached hydrogens (tertiary/aromatic N) is 6. The van der Waals surface area contributed by atoms with Crippen molar-refractivity contribution < 1.29 is 4.74 Å². The molecule has 1 fully saturated rings. The number of benzene rings is 1. The Bertz CT molecular complexity index is 1200. The second-order valence-corrected chi connectivity index (χ2v) is 10.6. The van der Waals surface area contributed by atoms with Crippen molar-refractivity contribution in [3.63, 3.8) is 0 Å². The fourth-order valence-corrected chi connectivity index (χ4v) is 4.88. The Balaban J connectivity index is 1.70. The fourth-order valence-electron chi connectivity index (χ4n) is 4.88. The van der Waals surface area contributed by atoms with Gasteiger partial charge < -0.3 is 9.72 Å². The fraction of sp³-hybridized carbons (Fsp3) is 0.630. The van der Waals surface area contributed by atoms with Gasteiger partial charge in [0.05, 0.1) is 24.8 Å². The Hall–Kier alpha value is -2.62. The van der Waals surface area contributed by atoms with Crippen molar-refractivity contribution in [2.24, 2.45) is 0 Å². The highest BCUT2D eigenvalue weighted by Gasteiger charge is 2.31. The van der Waals surface area contributed by atoms with Crippen molar-refractivity contribution in [1.29, 1.82) is 0 Å². The summed E-state index contributed by atoms with van der Waals surface area (Å²) in [6.07, 6.45) is 2.82. The minimum absolute atomic E-state index is 0.00414. The first-order chi connectivity index (χ1) is 17.3. The Morgan fingerprint density at radius 2 is 1.97 bits per heavy atom. The maximum atomic E-state index is 13.1. The van der Waals surface area contributed by atoms with E-state index in [1.165, 1.54) is 5.56 Å². The summed E-state index contributed by atoms with van der Waals surface area (Å²) in [5.74, 6) is 0.874. The van der Waals surface area contributed by atoms with E-state index in [-0.39, 0.29) is 17.1 Å². The average molecular weight is 496 g/mol. The molecule has 9 nitrogen and oxygen atoms in total. The highest BCUT2D eigenvalue weighted by atomic mass is 16.5. The van der Waals surface area contributed by atoms with E-state index in [4.69, 9.17) is 4.74 Å². The van der Waals surface area contributed by atoms with Crippen molar-refractivity contribution in [2.45, 2.75) is 72.0 Å². The summed E-state index contributed by atoms with van der Waals surface area (Å²) in [6, 6.07) is 8.18. The van der Waals surface area contributed by atoms with E-state index in [2.05, 4.69) is 71.0 Å². The molecule has 0 bridgehead atoms. The van der Waals surface area contributed by atoms with E-state index in [0.717, 1.165) is 80.9 Å². The first-order valence-electron chi connectivity index (χ1n) is 13.3. The summed E-state index contributed by atoms with van der Waals surface area (Å²) in [5, 5.41) is 14.1. The van der Waals surface area contributed by atoms with Gasteiger partial charge >= 0.3 is 0 Å². The summed E-state index contributed by atoms with van der Waals surface area (Å²) in [4.78, 5) is 21.1. The zero-order valence-electron chi connectivity index (χ0n) is 22.5. The van der Waals surface area contributed by atoms with Crippen LogP contribution in [0, 0.1) is 6.92 Å². The molecule has 1 atom stereocenters. The lowest BCUT2D eigenvalue weighted by molar-refractivity contribution is 0.0286. The van der Waals surface area contributed by atoms with Crippen LogP contribution in [0.3, 0.4) is 0 Å². The number of rotatable bonds is 11. The number of pyridine rings is 1. The first kappa shape index (κ1) is 26.4. The highest BCUT2D eigenvalue weighted by molar-refractivity contribution is 5.79. The Morgan fingerprint density at radius 1 is 1.19 bits per heavy atom. The quantitative estimate of drug-likeness (QED) is 0.434. The lowest BCUT2D eigenvalue weighted by atomic mass is 10.0. The Kier molecular flexibility index (Phi) is 8.54. The molecule has 1 aliphatic rings. The van der Waals surface area contributed by atoms with Crippen LogP contribution in [-0.2, 0) is 16.8 Å². The van der Waals surface area contributed by atoms with Crippen LogP contribution in [0.4, 0.5) is 0 Å². The molecule has 0 aliphatic carbocycles. The van der Waals surface area contributed by atoms with Gasteiger partial charge in [-0.2, -0.15) is 0 Å². The first-order valence-corrected chi connectivity index (χ1v) is 13.3. The van der Waals surface area contributed by atoms with Crippen LogP contribution in [-0.4, -0.2) is 74.4 Å². The summed E-state index contributed by atoms with van der Waals surface area (Å²) >= 11 is 0. The summed E-state index contributed by atoms with van der Waals surface area (Å²) < 4.78 is 7.54. The SMILES string of the molecule is CCC[C@@H](c1nnnn1C(C)(C)CC)N(CCN1CCOCC1)Cc1cc2cc(C)ccc2[nH]c1=O. The number of aromatic nitrogens is 5. The van der Waals surface area contributed by atoms with Gasteiger partial charge in [0.15, 0.2) is 5.82 Å². The largest absolute Gasteiger partial charge is 0.379 e. The molecule has 1 saturated heterocycles. The van der Waals surface area contributed by atoms with Gasteiger partial charge in [-0.05, 0) is 67.6 Å². The van der Waals surface area contributed by atoms with Gasteiger partial charge in [-0.3, -0.25) is 14.6 Å². The number of fused-ring (bicyclic) bond motifs is 1. The molecule has 3 heterocycles. The van der Waals surface area contributed by atoms with Crippen molar-refractivity contribution in [3.8, 4) is 0 Å². The third-order valence-corrected chi connectivity index (χ3v) is 7.49. The molecule has 9 heteroatoms. The van der Waals surface area contributed by atoms with Gasteiger partial charge in [0.1, 0.15) is 0 Å². The monoisotopic (exact) mass is 495 g/mol. The molecule has 4 rings (SSSR count). The van der Waals surface area contributed by atoms with Crippen LogP contribution in [0.2, 0.25) is 0 Å². The predicted octanol–water partition coefficient (Wildman–Crippen LogP) is 3.64. The molecule has 3 aromatic rings. The van der Waals surface area contributed by atoms with E-state index in [0.29, 0.717) is 6.54 Å². The lowest BCUT2D eigenvalue weighted by Crippen LogP contribution is -2.43. The second-order valence-electron chi connectivity index (χ2n) is 10.6. The molecule has 36 heavy (non-hydrogen) atoms. The van der Waals surface area contributed by atoms with E-state index < -0.39 is 0 Å². The van der Waals surface area contributed by atoms with E-state index in [1.54, 1.807) is 0 Å². The normalized spacial score (nSPS) is 16.2. The van der Waals surface area contributed by atoms with Crippen LogP contribution < -0.4 is 5.56 Å². The number of hydrogen-bond acceptors (Lipinski definition) is 7. The van der Waals surface area contributed by atoms with E-state index in [1.807, 2.05) is 22.9 Å². The predicted molar refractivity (Wildman–Crippen MR) is 142 cm³/mol. The van der Waals surface area contributed by atoms with Crippen molar-refractivity contribution in [1.82, 2.24) is 35.0 Å². The third kappa shape index (κ3) is 6.02. The molecular weight excluding hydrogens is 454 g/mol. The zero-order chi connectivity index (χ0) is 25.7. The molecule has 0 amide bonds. The Labute approximate surface area is 213 Å². The number of tetrazole rings is 1. The smallest absolute Gasteiger partial charge is 0.252 e. The lowest BCUT2D eigenvalue weighted by Gasteiger charge is -2.35. The van der Waals surface area contributed by atoms with Gasteiger partial charge in [-0.1, -0.05) is 31.9 Å². The van der Waals surface area contributed by atoms with Crippen LogP contribution in [0.15, 0.2) is 29.1 Å². The van der Waals surface area contributed by atoms with Crippen molar-refractivity contribution in [2.75, 3.05) is 39.4 Å². The van der Waals surface area contributed by atoms with Gasteiger partial charge in [-0.15, -0.1) is 5.10 Å². The second kappa shape index (κ2) is 11.6. The Morgan fingerprint density at radius 3 is 2.69 bits per heavy atom. The molecule has 1 N–H and O–H groups in total. The van der Waals surface area contributed by atoms with Crippen molar-refractivity contribution >= 4 is 10.9 Å². The van der Waals surface area contributed by atoms with Crippen LogP contribution >= 0.6 is 0 Å². The molecule has 196 valence electrons. The number of aryl methyl sites for hydroxylation is 1. The molecule has 2 aromatic heterocycles. The highest BCUT2D eigenvalue weighted by Crippen LogP contribution is 2.30. The van der Waals surface area contributed by atoms with Gasteiger partial charge in [0.25, 0.3) is 5.56 Å². The molecule has 0 unspecified atom stereocenters. The number of hydrogen-bond donors (Lipinski definition) is 1. The molecule has 0 radical (unpaired) electrons. The zero-order valence-corrected chi connectivity index (χ0v) is 22.5. The van der Waals surface area contributed by atoms with Crippen LogP contribution in [0.1, 0.15) is 70.0 Å². The molecular formula is C27H41N7O2. The van der Waals surface area contributed by atoms with Gasteiger partial charge in [0, 0.05) is 43.8 Å².